The van der Waals surface area contributed by atoms with Crippen LogP contribution in [-0.2, 0) is 4.84 Å². The van der Waals surface area contributed by atoms with Crippen LogP contribution in [0.1, 0.15) is 22.8 Å². The summed E-state index contributed by atoms with van der Waals surface area (Å²) in [6.07, 6.45) is 0. The summed E-state index contributed by atoms with van der Waals surface area (Å²) in [5.41, 5.74) is -0.230. The number of carboxylic acid groups (broad SMARTS) is 1. The highest BCUT2D eigenvalue weighted by Gasteiger charge is 2.20. The molecule has 0 amide bonds. The number of hydrogen-bond acceptors (Lipinski definition) is 4. The SMILES string of the molecule is C=C(C)N=C(ON)c1cccc(F)c1C(=O)O. The first-order chi connectivity index (χ1) is 7.97. The average molecular weight is 238 g/mol. The Balaban J connectivity index is 3.44. The molecular formula is C11H11FN2O3. The minimum Gasteiger partial charge on any atom is -0.478 e. The van der Waals surface area contributed by atoms with Crippen molar-refractivity contribution in [3.63, 3.8) is 0 Å². The van der Waals surface area contributed by atoms with Gasteiger partial charge in [0.2, 0.25) is 5.90 Å². The van der Waals surface area contributed by atoms with Gasteiger partial charge in [-0.25, -0.2) is 14.2 Å². The van der Waals surface area contributed by atoms with Gasteiger partial charge in [-0.1, -0.05) is 12.6 Å². The van der Waals surface area contributed by atoms with Crippen molar-refractivity contribution in [2.24, 2.45) is 10.9 Å². The summed E-state index contributed by atoms with van der Waals surface area (Å²) in [6.45, 7) is 5.07. The molecule has 0 aliphatic rings. The Kier molecular flexibility index (Phi) is 3.95. The van der Waals surface area contributed by atoms with E-state index in [2.05, 4.69) is 16.4 Å². The van der Waals surface area contributed by atoms with Crippen molar-refractivity contribution in [3.8, 4) is 0 Å². The van der Waals surface area contributed by atoms with Crippen LogP contribution in [0.25, 0.3) is 0 Å². The van der Waals surface area contributed by atoms with Crippen LogP contribution in [0.2, 0.25) is 0 Å². The maximum absolute atomic E-state index is 13.4. The van der Waals surface area contributed by atoms with E-state index < -0.39 is 17.3 Å². The average Bonchev–Trinajstić information content (AvgIpc) is 2.24. The maximum atomic E-state index is 13.4. The number of aliphatic imine (C=N–C) groups is 1. The molecule has 0 atom stereocenters. The van der Waals surface area contributed by atoms with Crippen LogP contribution in [0, 0.1) is 5.82 Å². The number of allylic oxidation sites excluding steroid dienone is 1. The van der Waals surface area contributed by atoms with Gasteiger partial charge in [0.05, 0.1) is 5.56 Å². The van der Waals surface area contributed by atoms with Gasteiger partial charge in [0.25, 0.3) is 0 Å². The first kappa shape index (κ1) is 12.9. The molecule has 0 aliphatic carbocycles. The quantitative estimate of drug-likeness (QED) is 0.476. The third-order valence-corrected chi connectivity index (χ3v) is 1.86. The minimum absolute atomic E-state index is 0.0389. The molecule has 90 valence electrons. The smallest absolute Gasteiger partial charge is 0.339 e. The van der Waals surface area contributed by atoms with Crippen LogP contribution < -0.4 is 5.90 Å². The van der Waals surface area contributed by atoms with Crippen molar-refractivity contribution < 1.29 is 19.1 Å². The van der Waals surface area contributed by atoms with Gasteiger partial charge in [-0.15, -0.1) is 0 Å². The molecule has 17 heavy (non-hydrogen) atoms. The van der Waals surface area contributed by atoms with Crippen molar-refractivity contribution in [2.75, 3.05) is 0 Å². The number of halogens is 1. The van der Waals surface area contributed by atoms with E-state index >= 15 is 0 Å². The van der Waals surface area contributed by atoms with Crippen molar-refractivity contribution in [3.05, 3.63) is 47.4 Å². The summed E-state index contributed by atoms with van der Waals surface area (Å²) in [5, 5.41) is 8.91. The van der Waals surface area contributed by atoms with E-state index in [-0.39, 0.29) is 11.5 Å². The molecule has 0 heterocycles. The van der Waals surface area contributed by atoms with Crippen LogP contribution in [0.3, 0.4) is 0 Å². The second-order valence-electron chi connectivity index (χ2n) is 3.24. The number of benzene rings is 1. The Morgan fingerprint density at radius 3 is 2.71 bits per heavy atom. The molecule has 0 spiro atoms. The molecule has 0 saturated carbocycles. The van der Waals surface area contributed by atoms with Crippen LogP contribution in [-0.4, -0.2) is 17.0 Å². The highest BCUT2D eigenvalue weighted by atomic mass is 19.1. The van der Waals surface area contributed by atoms with Crippen LogP contribution in [0.5, 0.6) is 0 Å². The molecule has 1 aromatic rings. The monoisotopic (exact) mass is 238 g/mol. The van der Waals surface area contributed by atoms with Gasteiger partial charge in [0, 0.05) is 5.70 Å². The van der Waals surface area contributed by atoms with Crippen LogP contribution in [0.4, 0.5) is 4.39 Å². The number of nitrogens with zero attached hydrogens (tertiary/aromatic N) is 1. The van der Waals surface area contributed by atoms with Gasteiger partial charge in [-0.05, 0) is 19.1 Å². The highest BCUT2D eigenvalue weighted by Crippen LogP contribution is 2.15. The number of carbonyl (C=O) groups is 1. The summed E-state index contributed by atoms with van der Waals surface area (Å²) in [5.74, 6) is 2.47. The van der Waals surface area contributed by atoms with Gasteiger partial charge < -0.3 is 9.94 Å². The topological polar surface area (TPSA) is 84.9 Å². The normalized spacial score (nSPS) is 11.1. The number of rotatable bonds is 3. The third-order valence-electron chi connectivity index (χ3n) is 1.86. The fourth-order valence-corrected chi connectivity index (χ4v) is 1.24. The molecule has 3 N–H and O–H groups in total. The standard InChI is InChI=1S/C11H11FN2O3/c1-6(2)14-10(17-13)7-4-3-5-8(12)9(7)11(15)16/h3-5H,1,13H2,2H3,(H,15,16). The van der Waals surface area contributed by atoms with Gasteiger partial charge in [0.15, 0.2) is 0 Å². The van der Waals surface area contributed by atoms with E-state index in [4.69, 9.17) is 11.0 Å². The van der Waals surface area contributed by atoms with Crippen LogP contribution in [0.15, 0.2) is 35.5 Å². The Morgan fingerprint density at radius 1 is 1.59 bits per heavy atom. The molecule has 0 aliphatic heterocycles. The molecule has 0 aromatic heterocycles. The molecule has 6 heteroatoms. The zero-order valence-corrected chi connectivity index (χ0v) is 9.11. The van der Waals surface area contributed by atoms with E-state index in [1.807, 2.05) is 0 Å². The Hall–Kier alpha value is -2.21. The van der Waals surface area contributed by atoms with E-state index in [1.54, 1.807) is 6.92 Å². The van der Waals surface area contributed by atoms with E-state index in [0.29, 0.717) is 5.70 Å². The third kappa shape index (κ3) is 2.88. The second-order valence-corrected chi connectivity index (χ2v) is 3.24. The molecular weight excluding hydrogens is 227 g/mol. The van der Waals surface area contributed by atoms with Crippen molar-refractivity contribution >= 4 is 11.9 Å². The fourth-order valence-electron chi connectivity index (χ4n) is 1.24. The van der Waals surface area contributed by atoms with E-state index in [0.717, 1.165) is 6.07 Å². The zero-order valence-electron chi connectivity index (χ0n) is 9.11. The number of carboxylic acids is 1. The van der Waals surface area contributed by atoms with Gasteiger partial charge in [0.1, 0.15) is 11.4 Å². The van der Waals surface area contributed by atoms with Crippen molar-refractivity contribution in [2.45, 2.75) is 6.92 Å². The predicted octanol–water partition coefficient (Wildman–Crippen LogP) is 1.69. The maximum Gasteiger partial charge on any atom is 0.339 e. The fraction of sp³-hybridized carbons (Fsp3) is 0.0909. The van der Waals surface area contributed by atoms with Crippen molar-refractivity contribution in [1.82, 2.24) is 0 Å². The lowest BCUT2D eigenvalue weighted by atomic mass is 10.1. The van der Waals surface area contributed by atoms with Gasteiger partial charge in [-0.3, -0.25) is 0 Å². The predicted molar refractivity (Wildman–Crippen MR) is 60.0 cm³/mol. The summed E-state index contributed by atoms with van der Waals surface area (Å²) < 4.78 is 13.4. The molecule has 0 saturated heterocycles. The number of hydrogen-bond donors (Lipinski definition) is 2. The molecule has 0 unspecified atom stereocenters. The molecule has 1 rings (SSSR count). The largest absolute Gasteiger partial charge is 0.478 e. The molecule has 0 fully saturated rings. The molecule has 5 nitrogen and oxygen atoms in total. The first-order valence-electron chi connectivity index (χ1n) is 4.60. The molecule has 0 bridgehead atoms. The Morgan fingerprint density at radius 2 is 2.24 bits per heavy atom. The summed E-state index contributed by atoms with van der Waals surface area (Å²) in [6, 6.07) is 3.72. The van der Waals surface area contributed by atoms with Gasteiger partial charge >= 0.3 is 5.97 Å². The summed E-state index contributed by atoms with van der Waals surface area (Å²) in [4.78, 5) is 19.2. The zero-order chi connectivity index (χ0) is 13.0. The Bertz CT molecular complexity index is 497. The molecule has 1 aromatic carbocycles. The van der Waals surface area contributed by atoms with Gasteiger partial charge in [-0.2, -0.15) is 5.90 Å². The second kappa shape index (κ2) is 5.22. The minimum atomic E-state index is -1.43. The summed E-state index contributed by atoms with van der Waals surface area (Å²) in [7, 11) is 0. The lowest BCUT2D eigenvalue weighted by Crippen LogP contribution is -2.17. The first-order valence-corrected chi connectivity index (χ1v) is 4.60. The summed E-state index contributed by atoms with van der Waals surface area (Å²) >= 11 is 0. The lowest BCUT2D eigenvalue weighted by Gasteiger charge is -2.08. The Labute approximate surface area is 97.0 Å². The van der Waals surface area contributed by atoms with Crippen molar-refractivity contribution in [1.29, 1.82) is 0 Å². The lowest BCUT2D eigenvalue weighted by molar-refractivity contribution is 0.0691. The van der Waals surface area contributed by atoms with E-state index in [1.165, 1.54) is 12.1 Å². The highest BCUT2D eigenvalue weighted by molar-refractivity contribution is 6.05. The number of aromatic carboxylic acids is 1. The van der Waals surface area contributed by atoms with Crippen LogP contribution >= 0.6 is 0 Å². The van der Waals surface area contributed by atoms with E-state index in [9.17, 15) is 9.18 Å². The number of nitrogens with two attached hydrogens (primary N) is 1. The molecule has 0 radical (unpaired) electrons.